The van der Waals surface area contributed by atoms with Gasteiger partial charge in [-0.05, 0) is 24.2 Å². The van der Waals surface area contributed by atoms with E-state index in [0.717, 1.165) is 16.3 Å². The van der Waals surface area contributed by atoms with Crippen LogP contribution in [0, 0.1) is 29.6 Å². The van der Waals surface area contributed by atoms with Crippen LogP contribution in [0.25, 0.3) is 0 Å². The van der Waals surface area contributed by atoms with E-state index in [1.54, 1.807) is 16.7 Å². The Morgan fingerprint density at radius 2 is 1.81 bits per heavy atom. The number of imide groups is 1. The number of carbonyl (C=O) groups is 3. The Hall–Kier alpha value is -1.65. The van der Waals surface area contributed by atoms with Crippen molar-refractivity contribution in [2.75, 3.05) is 32.8 Å². The van der Waals surface area contributed by atoms with Crippen LogP contribution >= 0.6 is 23.1 Å². The second-order valence-corrected chi connectivity index (χ2v) is 12.4. The molecule has 0 spiro atoms. The third-order valence-corrected chi connectivity index (χ3v) is 11.2. The molecule has 2 aliphatic carbocycles. The number of fused-ring (bicyclic) bond motifs is 9. The summed E-state index contributed by atoms with van der Waals surface area (Å²) in [7, 11) is 0. The molecule has 6 rings (SSSR count). The van der Waals surface area contributed by atoms with E-state index in [4.69, 9.17) is 4.74 Å². The van der Waals surface area contributed by atoms with Gasteiger partial charge in [-0.2, -0.15) is 0 Å². The van der Waals surface area contributed by atoms with E-state index in [1.165, 1.54) is 16.2 Å². The first-order valence-corrected chi connectivity index (χ1v) is 13.1. The summed E-state index contributed by atoms with van der Waals surface area (Å²) in [6.45, 7) is 6.75. The Morgan fingerprint density at radius 1 is 1.12 bits per heavy atom. The number of thioether (sulfide) groups is 1. The normalized spacial score (nSPS) is 36.9. The van der Waals surface area contributed by atoms with Crippen molar-refractivity contribution in [3.05, 3.63) is 14.5 Å². The first-order chi connectivity index (χ1) is 15.3. The van der Waals surface area contributed by atoms with Gasteiger partial charge in [0.15, 0.2) is 0 Å². The highest BCUT2D eigenvalue weighted by molar-refractivity contribution is 8.00. The molecule has 0 aromatic carbocycles. The highest BCUT2D eigenvalue weighted by Gasteiger charge is 2.70. The summed E-state index contributed by atoms with van der Waals surface area (Å²) in [4.78, 5) is 58.5. The van der Waals surface area contributed by atoms with Crippen molar-refractivity contribution >= 4 is 40.8 Å². The van der Waals surface area contributed by atoms with Gasteiger partial charge in [0.25, 0.3) is 0 Å². The lowest BCUT2D eigenvalue weighted by Gasteiger charge is -2.47. The molecule has 2 bridgehead atoms. The minimum Gasteiger partial charge on any atom is -0.378 e. The van der Waals surface area contributed by atoms with Crippen LogP contribution in [0.15, 0.2) is 9.82 Å². The summed E-state index contributed by atoms with van der Waals surface area (Å²) >= 11 is 2.98. The fourth-order valence-corrected chi connectivity index (χ4v) is 10.3. The molecule has 1 N–H and O–H groups in total. The highest BCUT2D eigenvalue weighted by Crippen LogP contribution is 2.68. The Kier molecular flexibility index (Phi) is 4.69. The van der Waals surface area contributed by atoms with Gasteiger partial charge in [0, 0.05) is 41.6 Å². The summed E-state index contributed by atoms with van der Waals surface area (Å²) in [5.74, 6) is -0.186. The van der Waals surface area contributed by atoms with Crippen LogP contribution in [-0.2, 0) is 24.5 Å². The molecule has 3 amide bonds. The number of likely N-dealkylation sites (tertiary alicyclic amines) is 1. The fraction of sp³-hybridized carbons (Fsp3) is 0.727. The predicted molar refractivity (Wildman–Crippen MR) is 118 cm³/mol. The number of rotatable bonds is 3. The molecule has 3 aliphatic heterocycles. The quantitative estimate of drug-likeness (QED) is 0.659. The van der Waals surface area contributed by atoms with E-state index in [2.05, 4.69) is 18.8 Å². The topological polar surface area (TPSA) is 99.8 Å². The number of nitrogens with one attached hydrogen (secondary N) is 1. The molecule has 1 aromatic rings. The van der Waals surface area contributed by atoms with Gasteiger partial charge in [-0.1, -0.05) is 25.2 Å². The van der Waals surface area contributed by atoms with Gasteiger partial charge >= 0.3 is 4.87 Å². The van der Waals surface area contributed by atoms with Gasteiger partial charge in [-0.3, -0.25) is 24.1 Å². The first kappa shape index (κ1) is 20.9. The molecule has 0 unspecified atom stereocenters. The van der Waals surface area contributed by atoms with Crippen molar-refractivity contribution in [1.29, 1.82) is 0 Å². The molecule has 8 nitrogen and oxygen atoms in total. The van der Waals surface area contributed by atoms with E-state index >= 15 is 0 Å². The van der Waals surface area contributed by atoms with Crippen molar-refractivity contribution < 1.29 is 19.1 Å². The van der Waals surface area contributed by atoms with E-state index in [9.17, 15) is 19.2 Å². The van der Waals surface area contributed by atoms with Gasteiger partial charge < -0.3 is 14.6 Å². The highest BCUT2D eigenvalue weighted by atomic mass is 32.2. The smallest absolute Gasteiger partial charge is 0.305 e. The lowest BCUT2D eigenvalue weighted by atomic mass is 9.64. The van der Waals surface area contributed by atoms with Crippen LogP contribution in [0.2, 0.25) is 0 Å². The van der Waals surface area contributed by atoms with Crippen LogP contribution in [-0.4, -0.2) is 70.6 Å². The number of carbonyl (C=O) groups excluding carboxylic acids is 3. The van der Waals surface area contributed by atoms with Crippen LogP contribution in [0.5, 0.6) is 0 Å². The molecule has 4 fully saturated rings. The maximum Gasteiger partial charge on any atom is 0.305 e. The minimum absolute atomic E-state index is 0.0207. The van der Waals surface area contributed by atoms with Crippen molar-refractivity contribution in [2.45, 2.75) is 42.4 Å². The predicted octanol–water partition coefficient (Wildman–Crippen LogP) is 1.30. The van der Waals surface area contributed by atoms with Crippen LogP contribution < -0.4 is 4.87 Å². The van der Waals surface area contributed by atoms with E-state index in [0.29, 0.717) is 26.3 Å². The average Bonchev–Trinajstić information content (AvgIpc) is 3.49. The number of nitrogens with zero attached hydrogens (tertiary/aromatic N) is 2. The van der Waals surface area contributed by atoms with Gasteiger partial charge in [0.2, 0.25) is 17.7 Å². The molecular weight excluding hydrogens is 450 g/mol. The Bertz CT molecular complexity index is 1060. The number of amides is 3. The molecular formula is C22H27N3O5S2. The molecule has 0 radical (unpaired) electrons. The molecule has 2 saturated heterocycles. The van der Waals surface area contributed by atoms with Crippen LogP contribution in [0.1, 0.15) is 31.6 Å². The molecule has 172 valence electrons. The van der Waals surface area contributed by atoms with Crippen molar-refractivity contribution in [1.82, 2.24) is 14.8 Å². The van der Waals surface area contributed by atoms with Crippen molar-refractivity contribution in [2.24, 2.45) is 29.6 Å². The third-order valence-electron chi connectivity index (χ3n) is 8.40. The van der Waals surface area contributed by atoms with Crippen LogP contribution in [0.3, 0.4) is 0 Å². The fourth-order valence-electron chi connectivity index (χ4n) is 7.11. The van der Waals surface area contributed by atoms with E-state index < -0.39 is 0 Å². The Balaban J connectivity index is 1.23. The Morgan fingerprint density at radius 3 is 2.53 bits per heavy atom. The number of thiazole rings is 1. The largest absolute Gasteiger partial charge is 0.378 e. The average molecular weight is 478 g/mol. The zero-order valence-corrected chi connectivity index (χ0v) is 19.8. The number of hydrogen-bond acceptors (Lipinski definition) is 7. The summed E-state index contributed by atoms with van der Waals surface area (Å²) in [5, 5.41) is 1.18. The molecule has 32 heavy (non-hydrogen) atoms. The summed E-state index contributed by atoms with van der Waals surface area (Å²) in [5.41, 5.74) is -0.206. The maximum atomic E-state index is 13.4. The number of morpholine rings is 1. The van der Waals surface area contributed by atoms with Crippen molar-refractivity contribution in [3.63, 3.8) is 0 Å². The second kappa shape index (κ2) is 7.17. The van der Waals surface area contributed by atoms with Gasteiger partial charge in [0.05, 0.1) is 30.1 Å². The zero-order valence-electron chi connectivity index (χ0n) is 18.2. The lowest BCUT2D eigenvalue weighted by Crippen LogP contribution is -2.48. The van der Waals surface area contributed by atoms with E-state index in [1.807, 2.05) is 0 Å². The molecule has 6 atom stereocenters. The zero-order chi connectivity index (χ0) is 22.4. The minimum atomic E-state index is -0.276. The monoisotopic (exact) mass is 477 g/mol. The SMILES string of the molecule is CC1(C)c2sc(=O)[nH]c2S[C@@H]2[C@@H]3C[C@@H]([C@@H]4C(=O)N(CCC(=O)N5CCOCC5)C(=O)[C@@H]34)[C@@H]21. The van der Waals surface area contributed by atoms with Crippen LogP contribution in [0.4, 0.5) is 0 Å². The summed E-state index contributed by atoms with van der Waals surface area (Å²) in [6, 6.07) is 0. The number of ether oxygens (including phenoxy) is 1. The molecule has 4 heterocycles. The first-order valence-electron chi connectivity index (χ1n) is 11.4. The van der Waals surface area contributed by atoms with Crippen molar-refractivity contribution in [3.8, 4) is 0 Å². The van der Waals surface area contributed by atoms with Gasteiger partial charge in [0.1, 0.15) is 0 Å². The number of aromatic amines is 1. The van der Waals surface area contributed by atoms with Gasteiger partial charge in [-0.15, -0.1) is 11.8 Å². The summed E-state index contributed by atoms with van der Waals surface area (Å²) < 4.78 is 5.30. The molecule has 10 heteroatoms. The number of H-pyrrole nitrogens is 1. The molecule has 1 aromatic heterocycles. The summed E-state index contributed by atoms with van der Waals surface area (Å²) in [6.07, 6.45) is 1.08. The lowest BCUT2D eigenvalue weighted by molar-refractivity contribution is -0.142. The van der Waals surface area contributed by atoms with Gasteiger partial charge in [-0.25, -0.2) is 0 Å². The Labute approximate surface area is 194 Å². The molecule has 2 saturated carbocycles. The van der Waals surface area contributed by atoms with E-state index in [-0.39, 0.29) is 75.8 Å². The second-order valence-electron chi connectivity index (χ2n) is 10.2. The number of aromatic nitrogens is 1. The standard InChI is InChI=1S/C22H27N3O5S2/c1-22(2)15-10-9-11(16(15)31-18-17(22)32-21(29)23-18)14-13(10)19(27)25(20(14)28)4-3-12(26)24-5-7-30-8-6-24/h10-11,13-16H,3-9H2,1-2H3,(H,23,29)/t10-,11+,13-,14-,15-,16+/m0/s1. The molecule has 5 aliphatic rings. The number of hydrogen-bond donors (Lipinski definition) is 1. The maximum absolute atomic E-state index is 13.4. The third kappa shape index (κ3) is 2.78.